The van der Waals surface area contributed by atoms with Gasteiger partial charge in [-0.05, 0) is 43.0 Å². The fourth-order valence-electron chi connectivity index (χ4n) is 2.89. The van der Waals surface area contributed by atoms with Gasteiger partial charge in [0.05, 0.1) is 0 Å². The number of hydrogen-bond donors (Lipinski definition) is 3. The third-order valence-corrected chi connectivity index (χ3v) is 4.19. The Hall–Kier alpha value is -2.49. The van der Waals surface area contributed by atoms with Crippen molar-refractivity contribution in [1.29, 1.82) is 0 Å². The summed E-state index contributed by atoms with van der Waals surface area (Å²) in [5, 5.41) is 7.79. The molecule has 0 saturated carbocycles. The zero-order valence-corrected chi connectivity index (χ0v) is 18.2. The maximum Gasteiger partial charge on any atom is 0.284 e. The van der Waals surface area contributed by atoms with Crippen molar-refractivity contribution in [2.45, 2.75) is 26.4 Å². The molecule has 3 aromatic rings. The van der Waals surface area contributed by atoms with Crippen molar-refractivity contribution in [3.63, 3.8) is 0 Å². The van der Waals surface area contributed by atoms with E-state index in [9.17, 15) is 4.79 Å². The molecule has 3 rings (SSSR count). The first-order valence-corrected chi connectivity index (χ1v) is 9.12. The number of nitrogens with one attached hydrogen (secondary N) is 2. The van der Waals surface area contributed by atoms with Gasteiger partial charge in [-0.3, -0.25) is 4.79 Å². The van der Waals surface area contributed by atoms with E-state index < -0.39 is 5.91 Å². The number of para-hydroxylation sites is 1. The van der Waals surface area contributed by atoms with E-state index in [-0.39, 0.29) is 29.7 Å². The summed E-state index contributed by atoms with van der Waals surface area (Å²) in [5.74, 6) is 0.886. The molecule has 0 saturated heterocycles. The Balaban J connectivity index is 0.00000280. The highest BCUT2D eigenvalue weighted by molar-refractivity contribution is 14.0. The second-order valence-corrected chi connectivity index (χ2v) is 6.17. The molecule has 0 unspecified atom stereocenters. The van der Waals surface area contributed by atoms with Crippen LogP contribution in [-0.4, -0.2) is 29.5 Å². The predicted octanol–water partition coefficient (Wildman–Crippen LogP) is 3.10. The number of nitrogens with zero attached hydrogens (tertiary/aromatic N) is 2. The molecule has 0 aliphatic carbocycles. The van der Waals surface area contributed by atoms with Crippen molar-refractivity contribution in [3.05, 3.63) is 60.2 Å². The minimum atomic E-state index is -0.576. The van der Waals surface area contributed by atoms with Gasteiger partial charge in [-0.1, -0.05) is 18.2 Å². The molecular formula is C20H26IN5O2. The number of carbonyl (C=O) groups excluding carboxylic acids is 1. The summed E-state index contributed by atoms with van der Waals surface area (Å²) in [7, 11) is 0. The minimum absolute atomic E-state index is 0. The van der Waals surface area contributed by atoms with Crippen LogP contribution in [0.25, 0.3) is 10.9 Å². The molecule has 0 fully saturated rings. The molecule has 0 aliphatic rings. The van der Waals surface area contributed by atoms with Gasteiger partial charge in [-0.2, -0.15) is 0 Å². The van der Waals surface area contributed by atoms with Gasteiger partial charge in [0, 0.05) is 31.3 Å². The second-order valence-electron chi connectivity index (χ2n) is 6.17. The van der Waals surface area contributed by atoms with E-state index >= 15 is 0 Å². The summed E-state index contributed by atoms with van der Waals surface area (Å²) in [6.07, 6.45) is 3.09. The lowest BCUT2D eigenvalue weighted by molar-refractivity contribution is 0.0972. The highest BCUT2D eigenvalue weighted by Crippen LogP contribution is 2.15. The lowest BCUT2D eigenvalue weighted by Crippen LogP contribution is -2.38. The highest BCUT2D eigenvalue weighted by Gasteiger charge is 2.07. The number of nitrogens with two attached hydrogens (primary N) is 1. The Morgan fingerprint density at radius 1 is 1.18 bits per heavy atom. The molecule has 0 radical (unpaired) electrons. The van der Waals surface area contributed by atoms with Gasteiger partial charge >= 0.3 is 0 Å². The number of aliphatic imine (C=N–C) groups is 1. The first-order valence-electron chi connectivity index (χ1n) is 9.12. The third kappa shape index (κ3) is 5.75. The van der Waals surface area contributed by atoms with Crippen LogP contribution in [0.3, 0.4) is 0 Å². The Labute approximate surface area is 181 Å². The number of aryl methyl sites for hydroxylation is 1. The lowest BCUT2D eigenvalue weighted by atomic mass is 10.2. The van der Waals surface area contributed by atoms with Crippen LogP contribution in [0.1, 0.15) is 29.7 Å². The van der Waals surface area contributed by atoms with E-state index in [0.717, 1.165) is 26.1 Å². The fraction of sp³-hybridized carbons (Fsp3) is 0.300. The number of aromatic nitrogens is 1. The molecule has 8 heteroatoms. The zero-order chi connectivity index (χ0) is 19.1. The molecule has 150 valence electrons. The van der Waals surface area contributed by atoms with Crippen molar-refractivity contribution in [2.75, 3.05) is 13.1 Å². The topological polar surface area (TPSA) is 97.6 Å². The Kier molecular flexibility index (Phi) is 8.37. The van der Waals surface area contributed by atoms with Crippen molar-refractivity contribution >= 4 is 46.7 Å². The molecule has 28 heavy (non-hydrogen) atoms. The van der Waals surface area contributed by atoms with Gasteiger partial charge in [0.2, 0.25) is 0 Å². The van der Waals surface area contributed by atoms with Gasteiger partial charge in [-0.15, -0.1) is 24.0 Å². The van der Waals surface area contributed by atoms with E-state index in [1.54, 1.807) is 12.1 Å². The Morgan fingerprint density at radius 2 is 2.00 bits per heavy atom. The number of amides is 1. The van der Waals surface area contributed by atoms with Crippen LogP contribution in [0.5, 0.6) is 0 Å². The van der Waals surface area contributed by atoms with Crippen molar-refractivity contribution < 1.29 is 9.21 Å². The van der Waals surface area contributed by atoms with Gasteiger partial charge in [-0.25, -0.2) is 4.99 Å². The molecule has 1 aromatic carbocycles. The standard InChI is InChI=1S/C20H25N5O2.HI/c1-2-22-20(24-14-16-8-9-18(27-16)19(21)26)23-11-5-12-25-13-10-15-6-3-4-7-17(15)25;/h3-4,6-10,13H,2,5,11-12,14H2,1H3,(H2,21,26)(H2,22,23,24);1H. The number of primary amides is 1. The van der Waals surface area contributed by atoms with Crippen molar-refractivity contribution in [1.82, 2.24) is 15.2 Å². The van der Waals surface area contributed by atoms with E-state index in [4.69, 9.17) is 10.2 Å². The highest BCUT2D eigenvalue weighted by atomic mass is 127. The second kappa shape index (κ2) is 10.7. The van der Waals surface area contributed by atoms with E-state index in [2.05, 4.69) is 56.7 Å². The molecule has 1 amide bonds. The largest absolute Gasteiger partial charge is 0.454 e. The monoisotopic (exact) mass is 495 g/mol. The summed E-state index contributed by atoms with van der Waals surface area (Å²) >= 11 is 0. The number of guanidine groups is 1. The summed E-state index contributed by atoms with van der Waals surface area (Å²) in [4.78, 5) is 15.6. The van der Waals surface area contributed by atoms with Crippen molar-refractivity contribution in [2.24, 2.45) is 10.7 Å². The lowest BCUT2D eigenvalue weighted by Gasteiger charge is -2.11. The SMILES string of the molecule is CCNC(=NCc1ccc(C(N)=O)o1)NCCCn1ccc2ccccc21.I. The smallest absolute Gasteiger partial charge is 0.284 e. The number of halogens is 1. The number of benzene rings is 1. The average Bonchev–Trinajstić information content (AvgIpc) is 3.30. The summed E-state index contributed by atoms with van der Waals surface area (Å²) in [6.45, 7) is 4.84. The van der Waals surface area contributed by atoms with Crippen molar-refractivity contribution in [3.8, 4) is 0 Å². The van der Waals surface area contributed by atoms with E-state index in [0.29, 0.717) is 18.3 Å². The molecule has 7 nitrogen and oxygen atoms in total. The maximum atomic E-state index is 11.1. The number of rotatable bonds is 8. The normalized spacial score (nSPS) is 11.2. The molecule has 2 aromatic heterocycles. The van der Waals surface area contributed by atoms with Gasteiger partial charge in [0.15, 0.2) is 11.7 Å². The summed E-state index contributed by atoms with van der Waals surface area (Å²) in [5.41, 5.74) is 6.44. The molecule has 0 aliphatic heterocycles. The predicted molar refractivity (Wildman–Crippen MR) is 122 cm³/mol. The minimum Gasteiger partial charge on any atom is -0.454 e. The van der Waals surface area contributed by atoms with Crippen LogP contribution < -0.4 is 16.4 Å². The maximum absolute atomic E-state index is 11.1. The summed E-state index contributed by atoms with van der Waals surface area (Å²) < 4.78 is 7.61. The van der Waals surface area contributed by atoms with Crippen LogP contribution >= 0.6 is 24.0 Å². The number of fused-ring (bicyclic) bond motifs is 1. The van der Waals surface area contributed by atoms with Gasteiger partial charge < -0.3 is 25.4 Å². The quantitative estimate of drug-likeness (QED) is 0.194. The average molecular weight is 495 g/mol. The Bertz CT molecular complexity index is 931. The fourth-order valence-corrected chi connectivity index (χ4v) is 2.89. The summed E-state index contributed by atoms with van der Waals surface area (Å²) in [6, 6.07) is 13.8. The van der Waals surface area contributed by atoms with Crippen LogP contribution in [0.15, 0.2) is 58.1 Å². The number of carbonyl (C=O) groups is 1. The van der Waals surface area contributed by atoms with Crippen LogP contribution in [-0.2, 0) is 13.1 Å². The van der Waals surface area contributed by atoms with Crippen LogP contribution in [0.4, 0.5) is 0 Å². The number of hydrogen-bond acceptors (Lipinski definition) is 3. The third-order valence-electron chi connectivity index (χ3n) is 4.19. The first-order chi connectivity index (χ1) is 13.2. The first kappa shape index (κ1) is 21.8. The van der Waals surface area contributed by atoms with E-state index in [1.165, 1.54) is 10.9 Å². The molecule has 0 bridgehead atoms. The number of furan rings is 1. The zero-order valence-electron chi connectivity index (χ0n) is 15.9. The molecule has 0 atom stereocenters. The molecule has 2 heterocycles. The molecule has 4 N–H and O–H groups in total. The molecular weight excluding hydrogens is 469 g/mol. The van der Waals surface area contributed by atoms with Gasteiger partial charge in [0.1, 0.15) is 12.3 Å². The Morgan fingerprint density at radius 3 is 2.75 bits per heavy atom. The van der Waals surface area contributed by atoms with Crippen LogP contribution in [0, 0.1) is 0 Å². The van der Waals surface area contributed by atoms with Gasteiger partial charge in [0.25, 0.3) is 5.91 Å². The molecule has 0 spiro atoms. The van der Waals surface area contributed by atoms with Crippen LogP contribution in [0.2, 0.25) is 0 Å². The van der Waals surface area contributed by atoms with E-state index in [1.807, 2.05) is 6.92 Å².